The van der Waals surface area contributed by atoms with E-state index in [1.54, 1.807) is 0 Å². The van der Waals surface area contributed by atoms with E-state index in [1.165, 1.54) is 25.7 Å². The lowest BCUT2D eigenvalue weighted by atomic mass is 9.77. The fraction of sp³-hybridized carbons (Fsp3) is 0.933. The van der Waals surface area contributed by atoms with Crippen LogP contribution in [0.4, 0.5) is 0 Å². The Labute approximate surface area is 110 Å². The molecule has 1 unspecified atom stereocenters. The smallest absolute Gasteiger partial charge is 0.139 e. The van der Waals surface area contributed by atoms with Crippen LogP contribution in [0.2, 0.25) is 0 Å². The van der Waals surface area contributed by atoms with Crippen molar-refractivity contribution < 1.29 is 9.53 Å². The molecule has 3 nitrogen and oxygen atoms in total. The molecular formula is C15H25NO2. The number of ether oxygens (including phenoxy) is 1. The minimum atomic E-state index is 0.0888. The second-order valence-corrected chi connectivity index (χ2v) is 6.35. The molecule has 0 aromatic carbocycles. The molecule has 3 aliphatic rings. The zero-order valence-corrected chi connectivity index (χ0v) is 11.2. The van der Waals surface area contributed by atoms with E-state index in [0.29, 0.717) is 17.6 Å². The number of Topliss-reactive ketones (excluding diaryl/α,β-unsaturated/α-hetero) is 1. The topological polar surface area (TPSA) is 38.3 Å². The summed E-state index contributed by atoms with van der Waals surface area (Å²) in [5.41, 5.74) is 0.0888. The maximum absolute atomic E-state index is 12.6. The molecule has 0 radical (unpaired) electrons. The Morgan fingerprint density at radius 3 is 2.50 bits per heavy atom. The molecule has 1 saturated carbocycles. The van der Waals surface area contributed by atoms with E-state index >= 15 is 0 Å². The molecular weight excluding hydrogens is 226 g/mol. The summed E-state index contributed by atoms with van der Waals surface area (Å²) >= 11 is 0. The first kappa shape index (κ1) is 12.6. The highest BCUT2D eigenvalue weighted by Gasteiger charge is 2.43. The van der Waals surface area contributed by atoms with Crippen molar-refractivity contribution in [3.63, 3.8) is 0 Å². The quantitative estimate of drug-likeness (QED) is 0.818. The Bertz CT molecular complexity index is 304. The summed E-state index contributed by atoms with van der Waals surface area (Å²) in [5, 5.41) is 3.34. The van der Waals surface area contributed by atoms with Crippen LogP contribution in [-0.4, -0.2) is 31.1 Å². The first-order valence-corrected chi connectivity index (χ1v) is 7.68. The van der Waals surface area contributed by atoms with Crippen molar-refractivity contribution in [1.82, 2.24) is 5.32 Å². The van der Waals surface area contributed by atoms with Crippen molar-refractivity contribution in [1.29, 1.82) is 0 Å². The fourth-order valence-corrected chi connectivity index (χ4v) is 4.08. The van der Waals surface area contributed by atoms with Crippen molar-refractivity contribution in [2.75, 3.05) is 19.7 Å². The summed E-state index contributed by atoms with van der Waals surface area (Å²) in [5.74, 6) is 1.17. The molecule has 0 bridgehead atoms. The Hall–Kier alpha value is -0.410. The van der Waals surface area contributed by atoms with Gasteiger partial charge in [-0.3, -0.25) is 4.79 Å². The SMILES string of the molecule is O=C(C1CCNCC1)C1CCOC2(CCCC2)C1. The summed E-state index contributed by atoms with van der Waals surface area (Å²) in [6.45, 7) is 2.84. The third-order valence-electron chi connectivity index (χ3n) is 5.15. The Balaban J connectivity index is 1.62. The van der Waals surface area contributed by atoms with Crippen molar-refractivity contribution in [3.05, 3.63) is 0 Å². The van der Waals surface area contributed by atoms with Crippen LogP contribution in [0, 0.1) is 11.8 Å². The predicted molar refractivity (Wildman–Crippen MR) is 70.5 cm³/mol. The molecule has 18 heavy (non-hydrogen) atoms. The molecule has 1 spiro atoms. The molecule has 3 heteroatoms. The third kappa shape index (κ3) is 2.48. The molecule has 0 aromatic heterocycles. The molecule has 1 N–H and O–H groups in total. The van der Waals surface area contributed by atoms with Crippen LogP contribution >= 0.6 is 0 Å². The number of carbonyl (C=O) groups is 1. The second-order valence-electron chi connectivity index (χ2n) is 6.35. The zero-order chi connectivity index (χ0) is 12.4. The highest BCUT2D eigenvalue weighted by molar-refractivity contribution is 5.83. The molecule has 0 aromatic rings. The molecule has 1 aliphatic carbocycles. The average Bonchev–Trinajstić information content (AvgIpc) is 2.87. The van der Waals surface area contributed by atoms with E-state index in [1.807, 2.05) is 0 Å². The van der Waals surface area contributed by atoms with Crippen LogP contribution < -0.4 is 5.32 Å². The summed E-state index contributed by atoms with van der Waals surface area (Å²) in [6, 6.07) is 0. The van der Waals surface area contributed by atoms with Crippen LogP contribution in [0.15, 0.2) is 0 Å². The monoisotopic (exact) mass is 251 g/mol. The number of nitrogens with one attached hydrogen (secondary N) is 1. The summed E-state index contributed by atoms with van der Waals surface area (Å²) in [6.07, 6.45) is 9.00. The average molecular weight is 251 g/mol. The van der Waals surface area contributed by atoms with Gasteiger partial charge in [0.25, 0.3) is 0 Å². The van der Waals surface area contributed by atoms with Crippen LogP contribution in [-0.2, 0) is 9.53 Å². The van der Waals surface area contributed by atoms with Crippen molar-refractivity contribution >= 4 is 5.78 Å². The van der Waals surface area contributed by atoms with E-state index in [9.17, 15) is 4.79 Å². The zero-order valence-electron chi connectivity index (χ0n) is 11.2. The number of carbonyl (C=O) groups excluding carboxylic acids is 1. The first-order chi connectivity index (χ1) is 8.79. The van der Waals surface area contributed by atoms with Gasteiger partial charge < -0.3 is 10.1 Å². The lowest BCUT2D eigenvalue weighted by Crippen LogP contribution is -2.43. The molecule has 3 rings (SSSR count). The standard InChI is InChI=1S/C15H25NO2/c17-14(12-3-8-16-9-4-12)13-5-10-18-15(11-13)6-1-2-7-15/h12-13,16H,1-11H2. The molecule has 0 amide bonds. The van der Waals surface area contributed by atoms with Crippen LogP contribution in [0.3, 0.4) is 0 Å². The van der Waals surface area contributed by atoms with Crippen molar-refractivity contribution in [2.45, 2.75) is 57.0 Å². The first-order valence-electron chi connectivity index (χ1n) is 7.68. The van der Waals surface area contributed by atoms with Gasteiger partial charge in [0.1, 0.15) is 5.78 Å². The van der Waals surface area contributed by atoms with E-state index in [0.717, 1.165) is 45.4 Å². The lowest BCUT2D eigenvalue weighted by molar-refractivity contribution is -0.140. The highest BCUT2D eigenvalue weighted by Crippen LogP contribution is 2.43. The molecule has 1 atom stereocenters. The van der Waals surface area contributed by atoms with Crippen molar-refractivity contribution in [2.24, 2.45) is 11.8 Å². The van der Waals surface area contributed by atoms with Crippen molar-refractivity contribution in [3.8, 4) is 0 Å². The van der Waals surface area contributed by atoms with Gasteiger partial charge in [-0.1, -0.05) is 12.8 Å². The normalized spacial score (nSPS) is 32.8. The fourth-order valence-electron chi connectivity index (χ4n) is 4.08. The minimum Gasteiger partial charge on any atom is -0.375 e. The number of hydrogen-bond acceptors (Lipinski definition) is 3. The maximum atomic E-state index is 12.6. The Morgan fingerprint density at radius 1 is 1.06 bits per heavy atom. The number of piperidine rings is 1. The maximum Gasteiger partial charge on any atom is 0.139 e. The van der Waals surface area contributed by atoms with E-state index < -0.39 is 0 Å². The van der Waals surface area contributed by atoms with Crippen LogP contribution in [0.5, 0.6) is 0 Å². The molecule has 3 fully saturated rings. The Morgan fingerprint density at radius 2 is 1.78 bits per heavy atom. The third-order valence-corrected chi connectivity index (χ3v) is 5.15. The largest absolute Gasteiger partial charge is 0.375 e. The Kier molecular flexibility index (Phi) is 3.71. The van der Waals surface area contributed by atoms with Gasteiger partial charge >= 0.3 is 0 Å². The van der Waals surface area contributed by atoms with Gasteiger partial charge in [-0.2, -0.15) is 0 Å². The molecule has 2 saturated heterocycles. The molecule has 2 heterocycles. The second kappa shape index (κ2) is 5.30. The van der Waals surface area contributed by atoms with Gasteiger partial charge in [0, 0.05) is 18.4 Å². The van der Waals surface area contributed by atoms with Gasteiger partial charge in [0.15, 0.2) is 0 Å². The molecule has 102 valence electrons. The van der Waals surface area contributed by atoms with Crippen LogP contribution in [0.25, 0.3) is 0 Å². The van der Waals surface area contributed by atoms with Gasteiger partial charge in [0.2, 0.25) is 0 Å². The van der Waals surface area contributed by atoms with Crippen LogP contribution in [0.1, 0.15) is 51.4 Å². The number of rotatable bonds is 2. The van der Waals surface area contributed by atoms with Gasteiger partial charge in [0.05, 0.1) is 5.60 Å². The lowest BCUT2D eigenvalue weighted by Gasteiger charge is -2.39. The van der Waals surface area contributed by atoms with Gasteiger partial charge in [-0.05, 0) is 51.6 Å². The number of hydrogen-bond donors (Lipinski definition) is 1. The van der Waals surface area contributed by atoms with Gasteiger partial charge in [-0.15, -0.1) is 0 Å². The van der Waals surface area contributed by atoms with Gasteiger partial charge in [-0.25, -0.2) is 0 Å². The predicted octanol–water partition coefficient (Wildman–Crippen LogP) is 2.29. The summed E-state index contributed by atoms with van der Waals surface area (Å²) in [4.78, 5) is 12.6. The van der Waals surface area contributed by atoms with E-state index in [4.69, 9.17) is 4.74 Å². The highest BCUT2D eigenvalue weighted by atomic mass is 16.5. The summed E-state index contributed by atoms with van der Waals surface area (Å²) < 4.78 is 6.03. The molecule has 2 aliphatic heterocycles. The number of ketones is 1. The minimum absolute atomic E-state index is 0.0888. The van der Waals surface area contributed by atoms with E-state index in [2.05, 4.69) is 5.32 Å². The van der Waals surface area contributed by atoms with E-state index in [-0.39, 0.29) is 5.60 Å². The summed E-state index contributed by atoms with van der Waals surface area (Å²) in [7, 11) is 0.